The molecule has 0 aromatic rings. The predicted molar refractivity (Wildman–Crippen MR) is 75.8 cm³/mol. The van der Waals surface area contributed by atoms with Gasteiger partial charge >= 0.3 is 5.97 Å². The third-order valence-electron chi connectivity index (χ3n) is 4.34. The molecule has 2 aliphatic rings. The molecule has 2 fully saturated rings. The topological polar surface area (TPSA) is 67.8 Å². The monoisotopic (exact) mass is 285 g/mol. The summed E-state index contributed by atoms with van der Waals surface area (Å²) >= 11 is 0. The maximum Gasteiger partial charge on any atom is 0.323 e. The Morgan fingerprint density at radius 1 is 1.45 bits per heavy atom. The van der Waals surface area contributed by atoms with Crippen molar-refractivity contribution in [1.29, 1.82) is 0 Å². The molecule has 2 N–H and O–H groups in total. The fraction of sp³-hybridized carbons (Fsp3) is 0.933. The summed E-state index contributed by atoms with van der Waals surface area (Å²) in [7, 11) is 0. The number of carboxylic acids is 1. The summed E-state index contributed by atoms with van der Waals surface area (Å²) in [6.07, 6.45) is 5.33. The molecule has 2 atom stereocenters. The van der Waals surface area contributed by atoms with Crippen molar-refractivity contribution in [2.24, 2.45) is 5.92 Å². The van der Waals surface area contributed by atoms with E-state index in [0.29, 0.717) is 31.4 Å². The zero-order chi connectivity index (χ0) is 14.4. The fourth-order valence-corrected chi connectivity index (χ4v) is 2.73. The van der Waals surface area contributed by atoms with Crippen LogP contribution in [0.5, 0.6) is 0 Å². The highest BCUT2D eigenvalue weighted by Crippen LogP contribution is 2.27. The van der Waals surface area contributed by atoms with Gasteiger partial charge < -0.3 is 14.6 Å². The molecule has 5 nitrogen and oxygen atoms in total. The Morgan fingerprint density at radius 3 is 2.80 bits per heavy atom. The molecule has 5 heteroatoms. The van der Waals surface area contributed by atoms with E-state index in [1.807, 2.05) is 6.92 Å². The number of rotatable bonds is 10. The molecule has 20 heavy (non-hydrogen) atoms. The number of aliphatic carboxylic acids is 1. The lowest BCUT2D eigenvalue weighted by molar-refractivity contribution is -0.145. The molecule has 1 heterocycles. The van der Waals surface area contributed by atoms with Crippen molar-refractivity contribution in [3.05, 3.63) is 0 Å². The van der Waals surface area contributed by atoms with Crippen molar-refractivity contribution in [3.63, 3.8) is 0 Å². The lowest BCUT2D eigenvalue weighted by atomic mass is 9.90. The first-order valence-electron chi connectivity index (χ1n) is 7.83. The Labute approximate surface area is 121 Å². The van der Waals surface area contributed by atoms with Gasteiger partial charge in [-0.25, -0.2) is 0 Å². The maximum atomic E-state index is 11.6. The normalized spacial score (nSPS) is 25.6. The summed E-state index contributed by atoms with van der Waals surface area (Å²) in [6, 6.07) is 0.405. The molecule has 0 bridgehead atoms. The summed E-state index contributed by atoms with van der Waals surface area (Å²) in [4.78, 5) is 11.6. The Morgan fingerprint density at radius 2 is 2.25 bits per heavy atom. The largest absolute Gasteiger partial charge is 0.480 e. The number of nitrogens with one attached hydrogen (secondary N) is 1. The second kappa shape index (κ2) is 7.38. The molecular formula is C15H27NO4. The van der Waals surface area contributed by atoms with Crippen molar-refractivity contribution in [2.45, 2.75) is 57.0 Å². The highest BCUT2D eigenvalue weighted by Gasteiger charge is 2.40. The van der Waals surface area contributed by atoms with Crippen LogP contribution in [0.25, 0.3) is 0 Å². The molecule has 116 valence electrons. The minimum absolute atomic E-state index is 0.405. The third-order valence-corrected chi connectivity index (χ3v) is 4.34. The fourth-order valence-electron chi connectivity index (χ4n) is 2.73. The van der Waals surface area contributed by atoms with Crippen LogP contribution in [0.1, 0.15) is 45.4 Å². The van der Waals surface area contributed by atoms with E-state index in [-0.39, 0.29) is 0 Å². The van der Waals surface area contributed by atoms with E-state index in [9.17, 15) is 9.90 Å². The van der Waals surface area contributed by atoms with E-state index in [0.717, 1.165) is 45.5 Å². The highest BCUT2D eigenvalue weighted by molar-refractivity contribution is 5.78. The van der Waals surface area contributed by atoms with Crippen molar-refractivity contribution >= 4 is 5.97 Å². The SMILES string of the molecule is CCC(CCCOCC1CCOC1)(NC1CC1)C(=O)O. The molecule has 0 aromatic heterocycles. The average molecular weight is 285 g/mol. The van der Waals surface area contributed by atoms with Crippen LogP contribution < -0.4 is 5.32 Å². The van der Waals surface area contributed by atoms with Crippen LogP contribution in [-0.4, -0.2) is 49.1 Å². The number of hydrogen-bond donors (Lipinski definition) is 2. The van der Waals surface area contributed by atoms with Gasteiger partial charge in [-0.2, -0.15) is 0 Å². The van der Waals surface area contributed by atoms with E-state index >= 15 is 0 Å². The van der Waals surface area contributed by atoms with Gasteiger partial charge in [-0.15, -0.1) is 0 Å². The summed E-state index contributed by atoms with van der Waals surface area (Å²) in [5.74, 6) is -0.203. The summed E-state index contributed by atoms with van der Waals surface area (Å²) in [5, 5.41) is 12.8. The van der Waals surface area contributed by atoms with Crippen molar-refractivity contribution < 1.29 is 19.4 Å². The zero-order valence-electron chi connectivity index (χ0n) is 12.4. The number of carboxylic acid groups (broad SMARTS) is 1. The smallest absolute Gasteiger partial charge is 0.323 e. The van der Waals surface area contributed by atoms with E-state index < -0.39 is 11.5 Å². The lowest BCUT2D eigenvalue weighted by Crippen LogP contribution is -2.52. The molecule has 0 radical (unpaired) electrons. The molecule has 2 unspecified atom stereocenters. The van der Waals surface area contributed by atoms with Gasteiger partial charge in [0.25, 0.3) is 0 Å². The first kappa shape index (κ1) is 15.7. The average Bonchev–Trinajstić information content (AvgIpc) is 3.09. The van der Waals surface area contributed by atoms with Crippen LogP contribution in [0.4, 0.5) is 0 Å². The number of ether oxygens (including phenoxy) is 2. The van der Waals surface area contributed by atoms with Crippen LogP contribution in [-0.2, 0) is 14.3 Å². The zero-order valence-corrected chi connectivity index (χ0v) is 12.4. The van der Waals surface area contributed by atoms with Crippen molar-refractivity contribution in [3.8, 4) is 0 Å². The molecular weight excluding hydrogens is 258 g/mol. The van der Waals surface area contributed by atoms with Gasteiger partial charge in [-0.3, -0.25) is 10.1 Å². The van der Waals surface area contributed by atoms with Crippen LogP contribution >= 0.6 is 0 Å². The lowest BCUT2D eigenvalue weighted by Gasteiger charge is -2.29. The van der Waals surface area contributed by atoms with Gasteiger partial charge in [0.1, 0.15) is 5.54 Å². The van der Waals surface area contributed by atoms with Crippen molar-refractivity contribution in [1.82, 2.24) is 5.32 Å². The molecule has 0 aromatic carbocycles. The van der Waals surface area contributed by atoms with Crippen LogP contribution in [0.15, 0.2) is 0 Å². The molecule has 0 amide bonds. The van der Waals surface area contributed by atoms with Gasteiger partial charge in [0, 0.05) is 25.2 Å². The van der Waals surface area contributed by atoms with Crippen molar-refractivity contribution in [2.75, 3.05) is 26.4 Å². The predicted octanol–water partition coefficient (Wildman–Crippen LogP) is 1.81. The number of hydrogen-bond acceptors (Lipinski definition) is 4. The standard InChI is InChI=1S/C15H27NO4/c1-2-15(14(17)18,16-13-4-5-13)7-3-8-19-10-12-6-9-20-11-12/h12-13,16H,2-11H2,1H3,(H,17,18). The van der Waals surface area contributed by atoms with Gasteiger partial charge in [0.05, 0.1) is 13.2 Å². The van der Waals surface area contributed by atoms with Gasteiger partial charge in [0.2, 0.25) is 0 Å². The van der Waals surface area contributed by atoms with E-state index in [1.54, 1.807) is 0 Å². The van der Waals surface area contributed by atoms with E-state index in [4.69, 9.17) is 9.47 Å². The number of carbonyl (C=O) groups is 1. The van der Waals surface area contributed by atoms with Crippen LogP contribution in [0, 0.1) is 5.92 Å². The van der Waals surface area contributed by atoms with E-state index in [2.05, 4.69) is 5.32 Å². The van der Waals surface area contributed by atoms with Gasteiger partial charge in [-0.1, -0.05) is 6.92 Å². The van der Waals surface area contributed by atoms with Crippen LogP contribution in [0.2, 0.25) is 0 Å². The van der Waals surface area contributed by atoms with Crippen LogP contribution in [0.3, 0.4) is 0 Å². The van der Waals surface area contributed by atoms with E-state index in [1.165, 1.54) is 0 Å². The maximum absolute atomic E-state index is 11.6. The molecule has 0 spiro atoms. The molecule has 1 saturated carbocycles. The molecule has 1 aliphatic heterocycles. The minimum Gasteiger partial charge on any atom is -0.480 e. The molecule has 2 rings (SSSR count). The summed E-state index contributed by atoms with van der Waals surface area (Å²) < 4.78 is 11.0. The van der Waals surface area contributed by atoms with Gasteiger partial charge in [-0.05, 0) is 38.5 Å². The second-order valence-corrected chi connectivity index (χ2v) is 6.07. The first-order chi connectivity index (χ1) is 9.66. The summed E-state index contributed by atoms with van der Waals surface area (Å²) in [6.45, 7) is 4.97. The summed E-state index contributed by atoms with van der Waals surface area (Å²) in [5.41, 5.74) is -0.763. The Hall–Kier alpha value is -0.650. The highest BCUT2D eigenvalue weighted by atomic mass is 16.5. The second-order valence-electron chi connectivity index (χ2n) is 6.07. The minimum atomic E-state index is -0.763. The quantitative estimate of drug-likeness (QED) is 0.599. The van der Waals surface area contributed by atoms with Gasteiger partial charge in [0.15, 0.2) is 0 Å². The Kier molecular flexibility index (Phi) is 5.81. The Bertz CT molecular complexity index is 313. The first-order valence-corrected chi connectivity index (χ1v) is 7.83. The molecule has 1 aliphatic carbocycles. The third kappa shape index (κ3) is 4.43. The Balaban J connectivity index is 1.66. The molecule has 1 saturated heterocycles.